The number of aliphatic imine (C=N–C) groups is 1. The number of aryl methyl sites for hydroxylation is 1. The Bertz CT molecular complexity index is 666. The third-order valence-corrected chi connectivity index (χ3v) is 4.54. The van der Waals surface area contributed by atoms with Crippen molar-refractivity contribution in [2.45, 2.75) is 19.4 Å². The number of hydrogen-bond donors (Lipinski definition) is 2. The molecular formula is C18H22N4. The number of amidine groups is 1. The van der Waals surface area contributed by atoms with E-state index in [1.54, 1.807) is 0 Å². The first-order valence-electron chi connectivity index (χ1n) is 8.10. The topological polar surface area (TPSA) is 39.7 Å². The molecular weight excluding hydrogens is 272 g/mol. The summed E-state index contributed by atoms with van der Waals surface area (Å²) in [4.78, 5) is 7.48. The summed E-state index contributed by atoms with van der Waals surface area (Å²) in [7, 11) is 0. The van der Waals surface area contributed by atoms with Gasteiger partial charge in [-0.05, 0) is 31.0 Å². The van der Waals surface area contributed by atoms with Crippen molar-refractivity contribution in [3.63, 3.8) is 0 Å². The van der Waals surface area contributed by atoms with E-state index in [2.05, 4.69) is 58.9 Å². The lowest BCUT2D eigenvalue weighted by atomic mass is 9.97. The molecule has 0 bridgehead atoms. The van der Waals surface area contributed by atoms with Crippen LogP contribution in [0.3, 0.4) is 0 Å². The summed E-state index contributed by atoms with van der Waals surface area (Å²) in [6.07, 6.45) is 7.63. The maximum absolute atomic E-state index is 5.06. The third kappa shape index (κ3) is 2.44. The second-order valence-corrected chi connectivity index (χ2v) is 6.18. The van der Waals surface area contributed by atoms with E-state index in [-0.39, 0.29) is 0 Å². The first kappa shape index (κ1) is 13.6. The highest BCUT2D eigenvalue weighted by Crippen LogP contribution is 2.34. The molecule has 4 nitrogen and oxygen atoms in total. The van der Waals surface area contributed by atoms with Gasteiger partial charge in [-0.15, -0.1) is 0 Å². The molecule has 1 saturated heterocycles. The number of benzene rings is 1. The van der Waals surface area contributed by atoms with Gasteiger partial charge >= 0.3 is 0 Å². The molecule has 1 aliphatic carbocycles. The van der Waals surface area contributed by atoms with E-state index in [9.17, 15) is 0 Å². The molecule has 0 radical (unpaired) electrons. The number of allylic oxidation sites excluding steroid dienone is 2. The zero-order valence-electron chi connectivity index (χ0n) is 13.0. The summed E-state index contributed by atoms with van der Waals surface area (Å²) >= 11 is 0. The number of piperazine rings is 1. The van der Waals surface area contributed by atoms with Gasteiger partial charge in [0.15, 0.2) is 0 Å². The molecule has 0 amide bonds. The van der Waals surface area contributed by atoms with Crippen molar-refractivity contribution >= 4 is 17.2 Å². The Labute approximate surface area is 131 Å². The molecule has 0 aromatic heterocycles. The summed E-state index contributed by atoms with van der Waals surface area (Å²) in [5.41, 5.74) is 4.77. The average Bonchev–Trinajstić information content (AvgIpc) is 2.72. The smallest absolute Gasteiger partial charge is 0.134 e. The molecule has 1 aromatic rings. The van der Waals surface area contributed by atoms with Crippen LogP contribution in [0, 0.1) is 6.92 Å². The first-order valence-corrected chi connectivity index (χ1v) is 8.10. The Morgan fingerprint density at radius 3 is 2.95 bits per heavy atom. The Morgan fingerprint density at radius 2 is 2.09 bits per heavy atom. The molecule has 2 heterocycles. The third-order valence-electron chi connectivity index (χ3n) is 4.54. The highest BCUT2D eigenvalue weighted by atomic mass is 15.2. The maximum Gasteiger partial charge on any atom is 0.134 e. The summed E-state index contributed by atoms with van der Waals surface area (Å²) in [6.45, 7) is 6.22. The highest BCUT2D eigenvalue weighted by molar-refractivity contribution is 6.04. The van der Waals surface area contributed by atoms with Crippen LogP contribution in [0.15, 0.2) is 47.0 Å². The van der Waals surface area contributed by atoms with Gasteiger partial charge in [-0.25, -0.2) is 4.99 Å². The number of hydrogen-bond acceptors (Lipinski definition) is 4. The molecule has 2 aliphatic heterocycles. The summed E-state index contributed by atoms with van der Waals surface area (Å²) < 4.78 is 0. The molecule has 1 aromatic carbocycles. The lowest BCUT2D eigenvalue weighted by molar-refractivity contribution is 0.356. The van der Waals surface area contributed by atoms with Crippen LogP contribution in [0.5, 0.6) is 0 Å². The largest absolute Gasteiger partial charge is 0.376 e. The fourth-order valence-electron chi connectivity index (χ4n) is 3.35. The molecule has 22 heavy (non-hydrogen) atoms. The van der Waals surface area contributed by atoms with Gasteiger partial charge < -0.3 is 15.5 Å². The summed E-state index contributed by atoms with van der Waals surface area (Å²) in [6, 6.07) is 6.81. The predicted octanol–water partition coefficient (Wildman–Crippen LogP) is 2.61. The van der Waals surface area contributed by atoms with Crippen molar-refractivity contribution in [1.29, 1.82) is 0 Å². The molecule has 1 atom stereocenters. The van der Waals surface area contributed by atoms with Gasteiger partial charge in [0.2, 0.25) is 0 Å². The monoisotopic (exact) mass is 294 g/mol. The molecule has 0 spiro atoms. The standard InChI is InChI=1S/C18H22N4/c1-13-6-7-16-17(12-13)21-18(22-10-8-19-9-11-22)14-4-2-3-5-15(14)20-16/h2-4,6-7,12,15,19-20H,5,8-11H2,1H3. The fraction of sp³-hybridized carbons (Fsp3) is 0.389. The minimum atomic E-state index is 0.322. The number of rotatable bonds is 0. The lowest BCUT2D eigenvalue weighted by Gasteiger charge is -2.33. The zero-order chi connectivity index (χ0) is 14.9. The molecule has 1 fully saturated rings. The van der Waals surface area contributed by atoms with E-state index in [0.29, 0.717) is 6.04 Å². The molecule has 114 valence electrons. The van der Waals surface area contributed by atoms with Crippen molar-refractivity contribution in [1.82, 2.24) is 10.2 Å². The number of nitrogens with zero attached hydrogens (tertiary/aromatic N) is 2. The van der Waals surface area contributed by atoms with Crippen LogP contribution in [0.1, 0.15) is 12.0 Å². The Morgan fingerprint density at radius 1 is 1.23 bits per heavy atom. The fourth-order valence-corrected chi connectivity index (χ4v) is 3.35. The number of anilines is 1. The first-order chi connectivity index (χ1) is 10.8. The molecule has 1 unspecified atom stereocenters. The van der Waals surface area contributed by atoms with E-state index in [1.165, 1.54) is 11.1 Å². The van der Waals surface area contributed by atoms with Gasteiger partial charge in [0, 0.05) is 31.8 Å². The van der Waals surface area contributed by atoms with Crippen LogP contribution in [0.25, 0.3) is 0 Å². The molecule has 3 aliphatic rings. The molecule has 2 N–H and O–H groups in total. The van der Waals surface area contributed by atoms with Crippen LogP contribution in [-0.2, 0) is 0 Å². The van der Waals surface area contributed by atoms with Crippen molar-refractivity contribution < 1.29 is 0 Å². The van der Waals surface area contributed by atoms with E-state index < -0.39 is 0 Å². The number of fused-ring (bicyclic) bond motifs is 2. The quantitative estimate of drug-likeness (QED) is 0.772. The van der Waals surface area contributed by atoms with Crippen LogP contribution < -0.4 is 10.6 Å². The molecule has 0 saturated carbocycles. The minimum Gasteiger partial charge on any atom is -0.376 e. The van der Waals surface area contributed by atoms with Gasteiger partial charge in [0.25, 0.3) is 0 Å². The Hall–Kier alpha value is -2.07. The maximum atomic E-state index is 5.06. The van der Waals surface area contributed by atoms with Crippen molar-refractivity contribution in [3.05, 3.63) is 47.6 Å². The van der Waals surface area contributed by atoms with Crippen LogP contribution >= 0.6 is 0 Å². The van der Waals surface area contributed by atoms with Gasteiger partial charge in [-0.2, -0.15) is 0 Å². The van der Waals surface area contributed by atoms with Crippen LogP contribution in [0.4, 0.5) is 11.4 Å². The van der Waals surface area contributed by atoms with E-state index in [0.717, 1.165) is 49.8 Å². The van der Waals surface area contributed by atoms with Crippen molar-refractivity contribution in [2.75, 3.05) is 31.5 Å². The van der Waals surface area contributed by atoms with Crippen molar-refractivity contribution in [2.24, 2.45) is 4.99 Å². The number of nitrogens with one attached hydrogen (secondary N) is 2. The average molecular weight is 294 g/mol. The van der Waals surface area contributed by atoms with Crippen LogP contribution in [0.2, 0.25) is 0 Å². The zero-order valence-corrected chi connectivity index (χ0v) is 13.0. The Balaban J connectivity index is 1.81. The Kier molecular flexibility index (Phi) is 3.47. The summed E-state index contributed by atoms with van der Waals surface area (Å²) in [5.74, 6) is 1.15. The van der Waals surface area contributed by atoms with Gasteiger partial charge in [-0.1, -0.05) is 24.3 Å². The van der Waals surface area contributed by atoms with E-state index in [4.69, 9.17) is 4.99 Å². The minimum absolute atomic E-state index is 0.322. The normalized spacial score (nSPS) is 23.7. The second-order valence-electron chi connectivity index (χ2n) is 6.18. The highest BCUT2D eigenvalue weighted by Gasteiger charge is 2.28. The van der Waals surface area contributed by atoms with E-state index >= 15 is 0 Å². The van der Waals surface area contributed by atoms with Crippen molar-refractivity contribution in [3.8, 4) is 0 Å². The van der Waals surface area contributed by atoms with Crippen LogP contribution in [-0.4, -0.2) is 43.0 Å². The lowest BCUT2D eigenvalue weighted by Crippen LogP contribution is -2.48. The van der Waals surface area contributed by atoms with Gasteiger partial charge in [0.05, 0.1) is 17.4 Å². The van der Waals surface area contributed by atoms with E-state index in [1.807, 2.05) is 0 Å². The molecule has 4 rings (SSSR count). The SMILES string of the molecule is Cc1ccc2c(c1)N=C(N1CCNCC1)C1=CC=CCC1N2. The predicted molar refractivity (Wildman–Crippen MR) is 92.0 cm³/mol. The van der Waals surface area contributed by atoms with Gasteiger partial charge in [-0.3, -0.25) is 0 Å². The van der Waals surface area contributed by atoms with Gasteiger partial charge in [0.1, 0.15) is 5.84 Å². The molecule has 4 heteroatoms. The second kappa shape index (κ2) is 5.61. The summed E-state index contributed by atoms with van der Waals surface area (Å²) in [5, 5.41) is 7.11.